The van der Waals surface area contributed by atoms with Crippen LogP contribution in [0, 0.1) is 0 Å². The van der Waals surface area contributed by atoms with Gasteiger partial charge < -0.3 is 9.79 Å². The summed E-state index contributed by atoms with van der Waals surface area (Å²) >= 11 is 0. The van der Waals surface area contributed by atoms with E-state index >= 15 is 0 Å². The van der Waals surface area contributed by atoms with E-state index in [1.165, 1.54) is 44.9 Å². The van der Waals surface area contributed by atoms with Crippen molar-refractivity contribution < 1.29 is 23.9 Å². The van der Waals surface area contributed by atoms with Gasteiger partial charge in [0, 0.05) is 0 Å². The molecule has 0 saturated carbocycles. The molecular weight excluding hydrogens is 291 g/mol. The van der Waals surface area contributed by atoms with Gasteiger partial charge in [-0.2, -0.15) is 0 Å². The molecule has 1 unspecified atom stereocenters. The van der Waals surface area contributed by atoms with Crippen LogP contribution < -0.4 is 0 Å². The Morgan fingerprint density at radius 2 is 1.33 bits per heavy atom. The zero-order valence-corrected chi connectivity index (χ0v) is 14.5. The summed E-state index contributed by atoms with van der Waals surface area (Å²) < 4.78 is 14.8. The van der Waals surface area contributed by atoms with Crippen molar-refractivity contribution >= 4 is 7.82 Å². The van der Waals surface area contributed by atoms with Crippen LogP contribution in [-0.2, 0) is 14.1 Å². The first-order valence-electron chi connectivity index (χ1n) is 8.40. The van der Waals surface area contributed by atoms with Crippen LogP contribution in [-0.4, -0.2) is 15.9 Å². The van der Waals surface area contributed by atoms with Gasteiger partial charge >= 0.3 is 7.82 Å². The molecule has 0 rings (SSSR count). The lowest BCUT2D eigenvalue weighted by molar-refractivity contribution is -0.260. The third-order valence-electron chi connectivity index (χ3n) is 3.52. The molecule has 1 atom stereocenters. The molecule has 0 saturated heterocycles. The smallest absolute Gasteiger partial charge is 0.301 e. The fraction of sp³-hybridized carbons (Fsp3) is 1.00. The number of phosphoric acid groups is 1. The van der Waals surface area contributed by atoms with Gasteiger partial charge in [-0.1, -0.05) is 78.1 Å². The Bertz CT molecular complexity index is 267. The molecule has 0 aliphatic carbocycles. The minimum atomic E-state index is -4.53. The molecule has 0 aromatic heterocycles. The van der Waals surface area contributed by atoms with Crippen molar-refractivity contribution in [3.05, 3.63) is 0 Å². The average molecular weight is 324 g/mol. The molecule has 0 aromatic rings. The predicted octanol–water partition coefficient (Wildman–Crippen LogP) is 5.12. The monoisotopic (exact) mass is 324 g/mol. The number of hydrogen-bond donors (Lipinski definition) is 2. The molecule has 0 bridgehead atoms. The SMILES string of the molecule is CCCCCCCCCCCC(CCC)OOP(=O)(O)O. The van der Waals surface area contributed by atoms with Gasteiger partial charge in [-0.05, 0) is 12.8 Å². The Morgan fingerprint density at radius 1 is 0.810 bits per heavy atom. The zero-order valence-electron chi connectivity index (χ0n) is 13.6. The van der Waals surface area contributed by atoms with Crippen LogP contribution in [0.2, 0.25) is 0 Å². The van der Waals surface area contributed by atoms with Crippen LogP contribution in [0.15, 0.2) is 0 Å². The fourth-order valence-electron chi connectivity index (χ4n) is 2.36. The quantitative estimate of drug-likeness (QED) is 0.189. The van der Waals surface area contributed by atoms with Gasteiger partial charge in [-0.3, -0.25) is 0 Å². The minimum absolute atomic E-state index is 0.216. The normalized spacial score (nSPS) is 13.5. The maximum atomic E-state index is 10.6. The third-order valence-corrected chi connectivity index (χ3v) is 3.80. The molecule has 0 spiro atoms. The highest BCUT2D eigenvalue weighted by Gasteiger charge is 2.19. The summed E-state index contributed by atoms with van der Waals surface area (Å²) in [5, 5.41) is 0. The van der Waals surface area contributed by atoms with E-state index in [1.807, 2.05) is 6.92 Å². The van der Waals surface area contributed by atoms with Crippen LogP contribution in [0.3, 0.4) is 0 Å². The van der Waals surface area contributed by atoms with E-state index < -0.39 is 7.82 Å². The maximum absolute atomic E-state index is 10.6. The number of rotatable bonds is 15. The lowest BCUT2D eigenvalue weighted by atomic mass is 10.0. The highest BCUT2D eigenvalue weighted by atomic mass is 31.2. The summed E-state index contributed by atoms with van der Waals surface area (Å²) in [6.45, 7) is 4.25. The van der Waals surface area contributed by atoms with Crippen molar-refractivity contribution in [3.8, 4) is 0 Å². The van der Waals surface area contributed by atoms with E-state index in [4.69, 9.17) is 14.7 Å². The van der Waals surface area contributed by atoms with Crippen LogP contribution >= 0.6 is 7.82 Å². The largest absolute Gasteiger partial charge is 0.496 e. The fourth-order valence-corrected chi connectivity index (χ4v) is 2.60. The third kappa shape index (κ3) is 16.3. The molecule has 0 radical (unpaired) electrons. The van der Waals surface area contributed by atoms with E-state index in [9.17, 15) is 4.57 Å². The van der Waals surface area contributed by atoms with Gasteiger partial charge in [-0.25, -0.2) is 9.45 Å². The molecular formula is C15H33O5P. The van der Waals surface area contributed by atoms with Crippen molar-refractivity contribution in [2.24, 2.45) is 0 Å². The number of hydrogen-bond acceptors (Lipinski definition) is 3. The molecule has 5 nitrogen and oxygen atoms in total. The van der Waals surface area contributed by atoms with Gasteiger partial charge in [0.15, 0.2) is 0 Å². The van der Waals surface area contributed by atoms with Crippen molar-refractivity contribution in [2.45, 2.75) is 97.0 Å². The van der Waals surface area contributed by atoms with E-state index in [0.717, 1.165) is 32.1 Å². The molecule has 6 heteroatoms. The Balaban J connectivity index is 3.53. The molecule has 0 aliphatic rings. The molecule has 0 aromatic carbocycles. The topological polar surface area (TPSA) is 76.0 Å². The van der Waals surface area contributed by atoms with Crippen molar-refractivity contribution in [1.82, 2.24) is 0 Å². The van der Waals surface area contributed by atoms with Crippen LogP contribution in [0.4, 0.5) is 0 Å². The summed E-state index contributed by atoms with van der Waals surface area (Å²) in [6, 6.07) is 0. The molecule has 2 N–H and O–H groups in total. The molecule has 0 amide bonds. The second-order valence-electron chi connectivity index (χ2n) is 5.69. The van der Waals surface area contributed by atoms with Crippen molar-refractivity contribution in [3.63, 3.8) is 0 Å². The first kappa shape index (κ1) is 21.1. The van der Waals surface area contributed by atoms with Crippen LogP contribution in [0.1, 0.15) is 90.9 Å². The minimum Gasteiger partial charge on any atom is -0.301 e. The molecule has 128 valence electrons. The second-order valence-corrected chi connectivity index (χ2v) is 6.82. The Labute approximate surface area is 129 Å². The summed E-state index contributed by atoms with van der Waals surface area (Å²) in [5.74, 6) is 0. The predicted molar refractivity (Wildman–Crippen MR) is 84.8 cm³/mol. The summed E-state index contributed by atoms with van der Waals surface area (Å²) in [4.78, 5) is 22.1. The van der Waals surface area contributed by atoms with Crippen molar-refractivity contribution in [1.29, 1.82) is 0 Å². The highest BCUT2D eigenvalue weighted by Crippen LogP contribution is 2.37. The Hall–Kier alpha value is 0.0700. The Kier molecular flexibility index (Phi) is 13.8. The van der Waals surface area contributed by atoms with E-state index in [0.29, 0.717) is 0 Å². The molecule has 0 heterocycles. The van der Waals surface area contributed by atoms with Crippen molar-refractivity contribution in [2.75, 3.05) is 0 Å². The summed E-state index contributed by atoms with van der Waals surface area (Å²) in [7, 11) is -4.53. The van der Waals surface area contributed by atoms with Gasteiger partial charge in [0.1, 0.15) is 0 Å². The summed E-state index contributed by atoms with van der Waals surface area (Å²) in [6.07, 6.45) is 13.6. The highest BCUT2D eigenvalue weighted by molar-refractivity contribution is 7.46. The first-order chi connectivity index (χ1) is 9.99. The van der Waals surface area contributed by atoms with Gasteiger partial charge in [-0.15, -0.1) is 4.67 Å². The summed E-state index contributed by atoms with van der Waals surface area (Å²) in [5.41, 5.74) is 0. The average Bonchev–Trinajstić information content (AvgIpc) is 2.42. The number of unbranched alkanes of at least 4 members (excludes halogenated alkanes) is 8. The second kappa shape index (κ2) is 13.7. The lowest BCUT2D eigenvalue weighted by Gasteiger charge is -2.15. The van der Waals surface area contributed by atoms with E-state index in [2.05, 4.69) is 11.6 Å². The zero-order chi connectivity index (χ0) is 16.0. The lowest BCUT2D eigenvalue weighted by Crippen LogP contribution is -2.12. The molecule has 21 heavy (non-hydrogen) atoms. The molecule has 0 fully saturated rings. The standard InChI is InChI=1S/C15H33O5P/c1-3-5-6-7-8-9-10-11-12-14-15(13-4-2)19-20-21(16,17)18/h15H,3-14H2,1-2H3,(H2,16,17,18). The maximum Gasteiger partial charge on any atom is 0.496 e. The van der Waals surface area contributed by atoms with E-state index in [-0.39, 0.29) is 6.10 Å². The van der Waals surface area contributed by atoms with E-state index in [1.54, 1.807) is 0 Å². The van der Waals surface area contributed by atoms with Gasteiger partial charge in [0.05, 0.1) is 6.10 Å². The van der Waals surface area contributed by atoms with Crippen LogP contribution in [0.25, 0.3) is 0 Å². The first-order valence-corrected chi connectivity index (χ1v) is 9.93. The van der Waals surface area contributed by atoms with Crippen LogP contribution in [0.5, 0.6) is 0 Å². The molecule has 0 aliphatic heterocycles. The Morgan fingerprint density at radius 3 is 1.81 bits per heavy atom. The van der Waals surface area contributed by atoms with Gasteiger partial charge in [0.2, 0.25) is 0 Å². The van der Waals surface area contributed by atoms with Gasteiger partial charge in [0.25, 0.3) is 0 Å².